The van der Waals surface area contributed by atoms with Gasteiger partial charge in [-0.15, -0.1) is 0 Å². The Bertz CT molecular complexity index is 1500. The van der Waals surface area contributed by atoms with Crippen molar-refractivity contribution in [2.24, 2.45) is 0 Å². The zero-order chi connectivity index (χ0) is 25.4. The van der Waals surface area contributed by atoms with Crippen LogP contribution in [0, 0.1) is 5.82 Å². The van der Waals surface area contributed by atoms with E-state index in [-0.39, 0.29) is 24.5 Å². The average molecular weight is 505 g/mol. The van der Waals surface area contributed by atoms with E-state index in [1.54, 1.807) is 35.3 Å². The third-order valence-corrected chi connectivity index (χ3v) is 6.58. The van der Waals surface area contributed by atoms with Crippen molar-refractivity contribution in [1.29, 1.82) is 0 Å². The number of aromatic amines is 1. The van der Waals surface area contributed by atoms with Crippen LogP contribution in [0.4, 0.5) is 13.2 Å². The van der Waals surface area contributed by atoms with Gasteiger partial charge >= 0.3 is 0 Å². The van der Waals surface area contributed by atoms with Crippen molar-refractivity contribution in [3.63, 3.8) is 0 Å². The van der Waals surface area contributed by atoms with E-state index in [4.69, 9.17) is 4.52 Å². The molecule has 6 rings (SSSR count). The monoisotopic (exact) mass is 504 g/mol. The predicted octanol–water partition coefficient (Wildman–Crippen LogP) is 5.95. The second kappa shape index (κ2) is 9.36. The highest BCUT2D eigenvalue weighted by Crippen LogP contribution is 2.36. The molecule has 0 atom stereocenters. The van der Waals surface area contributed by atoms with Crippen molar-refractivity contribution in [1.82, 2.24) is 29.8 Å². The molecule has 188 valence electrons. The van der Waals surface area contributed by atoms with Gasteiger partial charge in [-0.25, -0.2) is 17.9 Å². The number of benzene rings is 2. The number of piperidine rings is 1. The topological polar surface area (TPSA) is 75.8 Å². The van der Waals surface area contributed by atoms with Crippen LogP contribution in [0.2, 0.25) is 0 Å². The number of pyridine rings is 1. The van der Waals surface area contributed by atoms with Crippen LogP contribution < -0.4 is 0 Å². The van der Waals surface area contributed by atoms with Gasteiger partial charge in [-0.1, -0.05) is 41.6 Å². The van der Waals surface area contributed by atoms with Crippen LogP contribution in [0.3, 0.4) is 0 Å². The van der Waals surface area contributed by atoms with Gasteiger partial charge in [0, 0.05) is 56.0 Å². The number of rotatable bonds is 6. The number of likely N-dealkylation sites (tertiary alicyclic amines) is 1. The number of hydrogen-bond donors (Lipinski definition) is 1. The van der Waals surface area contributed by atoms with Gasteiger partial charge in [0.25, 0.3) is 11.8 Å². The van der Waals surface area contributed by atoms with Gasteiger partial charge in [0.15, 0.2) is 0 Å². The van der Waals surface area contributed by atoms with Gasteiger partial charge in [-0.3, -0.25) is 15.0 Å². The maximum Gasteiger partial charge on any atom is 0.278 e. The molecule has 0 radical (unpaired) electrons. The molecule has 0 amide bonds. The minimum absolute atomic E-state index is 0.101. The van der Waals surface area contributed by atoms with Crippen molar-refractivity contribution in [2.45, 2.75) is 25.3 Å². The molecular weight excluding hydrogens is 481 g/mol. The summed E-state index contributed by atoms with van der Waals surface area (Å²) in [6.07, 6.45) is 3.12. The highest BCUT2D eigenvalue weighted by atomic mass is 19.3. The highest BCUT2D eigenvalue weighted by molar-refractivity contribution is 5.78. The van der Waals surface area contributed by atoms with E-state index in [9.17, 15) is 13.2 Å². The van der Waals surface area contributed by atoms with E-state index in [1.165, 1.54) is 6.07 Å². The molecule has 1 N–H and O–H groups in total. The fraction of sp³-hybridized carbons (Fsp3) is 0.222. The van der Waals surface area contributed by atoms with E-state index in [1.807, 2.05) is 41.3 Å². The lowest BCUT2D eigenvalue weighted by Gasteiger charge is -2.31. The van der Waals surface area contributed by atoms with E-state index < -0.39 is 5.92 Å². The summed E-state index contributed by atoms with van der Waals surface area (Å²) < 4.78 is 48.5. The van der Waals surface area contributed by atoms with Crippen LogP contribution in [0.5, 0.6) is 0 Å². The van der Waals surface area contributed by atoms with Crippen LogP contribution in [0.1, 0.15) is 18.4 Å². The van der Waals surface area contributed by atoms with Crippen molar-refractivity contribution in [3.8, 4) is 39.9 Å². The largest absolute Gasteiger partial charge is 0.332 e. The summed E-state index contributed by atoms with van der Waals surface area (Å²) >= 11 is 0. The number of para-hydroxylation sites is 1. The molecular formula is C27H23F3N6O. The third-order valence-electron chi connectivity index (χ3n) is 6.58. The van der Waals surface area contributed by atoms with Gasteiger partial charge in [0.2, 0.25) is 5.82 Å². The molecule has 0 spiro atoms. The summed E-state index contributed by atoms with van der Waals surface area (Å²) in [7, 11) is 0. The number of hydrogen-bond acceptors (Lipinski definition) is 5. The van der Waals surface area contributed by atoms with Crippen molar-refractivity contribution < 1.29 is 17.7 Å². The lowest BCUT2D eigenvalue weighted by Crippen LogP contribution is -2.38. The predicted molar refractivity (Wildman–Crippen MR) is 131 cm³/mol. The van der Waals surface area contributed by atoms with Crippen LogP contribution in [-0.4, -0.2) is 48.8 Å². The Hall–Kier alpha value is -4.18. The molecule has 0 saturated carbocycles. The first kappa shape index (κ1) is 23.2. The summed E-state index contributed by atoms with van der Waals surface area (Å²) in [5.41, 5.74) is 4.23. The van der Waals surface area contributed by atoms with Gasteiger partial charge in [0.1, 0.15) is 17.2 Å². The summed E-state index contributed by atoms with van der Waals surface area (Å²) in [6.45, 7) is 1.38. The molecule has 37 heavy (non-hydrogen) atoms. The van der Waals surface area contributed by atoms with Gasteiger partial charge in [-0.2, -0.15) is 4.98 Å². The number of alkyl halides is 2. The SMILES string of the molecule is Fc1ccccc1-n1[nH]c(-c2nc(-c3ccc(CN4CCC(F)(F)CC4)cc3)no2)c1-c1ccncc1. The highest BCUT2D eigenvalue weighted by Gasteiger charge is 2.33. The van der Waals surface area contributed by atoms with Crippen LogP contribution >= 0.6 is 0 Å². The molecule has 5 aromatic rings. The zero-order valence-corrected chi connectivity index (χ0v) is 19.7. The van der Waals surface area contributed by atoms with Gasteiger partial charge in [0.05, 0.1) is 5.69 Å². The fourth-order valence-corrected chi connectivity index (χ4v) is 4.52. The molecule has 0 bridgehead atoms. The van der Waals surface area contributed by atoms with E-state index >= 15 is 0 Å². The molecule has 10 heteroatoms. The maximum absolute atomic E-state index is 14.5. The molecule has 4 heterocycles. The van der Waals surface area contributed by atoms with E-state index in [2.05, 4.69) is 20.2 Å². The third kappa shape index (κ3) is 4.67. The standard InChI is InChI=1S/C27H23F3N6O/c28-21-3-1-2-4-22(21)36-24(19-9-13-31-14-10-19)23(33-36)26-32-25(34-37-26)20-7-5-18(6-8-20)17-35-15-11-27(29,30)12-16-35/h1-10,13-14,33H,11-12,15-17H2. The summed E-state index contributed by atoms with van der Waals surface area (Å²) in [5.74, 6) is -2.24. The Morgan fingerprint density at radius 2 is 1.65 bits per heavy atom. The zero-order valence-electron chi connectivity index (χ0n) is 19.7. The molecule has 3 aromatic heterocycles. The van der Waals surface area contributed by atoms with Crippen LogP contribution in [0.15, 0.2) is 77.6 Å². The number of H-pyrrole nitrogens is 1. The average Bonchev–Trinajstić information content (AvgIpc) is 3.37. The van der Waals surface area contributed by atoms with Crippen molar-refractivity contribution >= 4 is 0 Å². The second-order valence-electron chi connectivity index (χ2n) is 9.11. The first-order chi connectivity index (χ1) is 18.0. The smallest absolute Gasteiger partial charge is 0.278 e. The van der Waals surface area contributed by atoms with Gasteiger partial charge < -0.3 is 4.52 Å². The molecule has 1 fully saturated rings. The van der Waals surface area contributed by atoms with E-state index in [0.29, 0.717) is 42.5 Å². The molecule has 2 aromatic carbocycles. The van der Waals surface area contributed by atoms with Crippen molar-refractivity contribution in [2.75, 3.05) is 13.1 Å². The summed E-state index contributed by atoms with van der Waals surface area (Å²) in [6, 6.07) is 17.8. The molecule has 0 unspecified atom stereocenters. The Morgan fingerprint density at radius 3 is 2.38 bits per heavy atom. The molecule has 1 aliphatic rings. The number of nitrogens with zero attached hydrogens (tertiary/aromatic N) is 5. The minimum atomic E-state index is -2.55. The van der Waals surface area contributed by atoms with Crippen LogP contribution in [-0.2, 0) is 6.54 Å². The number of aromatic nitrogens is 5. The lowest BCUT2D eigenvalue weighted by molar-refractivity contribution is -0.0566. The Labute approximate surface area is 210 Å². The van der Waals surface area contributed by atoms with E-state index in [0.717, 1.165) is 16.7 Å². The first-order valence-electron chi connectivity index (χ1n) is 12.0. The van der Waals surface area contributed by atoms with Gasteiger partial charge in [-0.05, 0) is 29.8 Å². The summed E-state index contributed by atoms with van der Waals surface area (Å²) in [5, 5.41) is 7.26. The first-order valence-corrected chi connectivity index (χ1v) is 12.0. The molecule has 7 nitrogen and oxygen atoms in total. The van der Waals surface area contributed by atoms with Crippen LogP contribution in [0.25, 0.3) is 39.9 Å². The second-order valence-corrected chi connectivity index (χ2v) is 9.11. The Kier molecular flexibility index (Phi) is 5.88. The normalized spacial score (nSPS) is 15.8. The fourth-order valence-electron chi connectivity index (χ4n) is 4.52. The molecule has 1 saturated heterocycles. The molecule has 1 aliphatic heterocycles. The number of halogens is 3. The Morgan fingerprint density at radius 1 is 0.919 bits per heavy atom. The minimum Gasteiger partial charge on any atom is -0.332 e. The lowest BCUT2D eigenvalue weighted by atomic mass is 10.1. The number of nitrogens with one attached hydrogen (secondary N) is 1. The quantitative estimate of drug-likeness (QED) is 0.309. The maximum atomic E-state index is 14.5. The van der Waals surface area contributed by atoms with Crippen molar-refractivity contribution in [3.05, 3.63) is 84.4 Å². The Balaban J connectivity index is 1.24. The molecule has 0 aliphatic carbocycles. The summed E-state index contributed by atoms with van der Waals surface area (Å²) in [4.78, 5) is 10.7.